The number of aromatic nitrogens is 1. The van der Waals surface area contributed by atoms with Crippen molar-refractivity contribution in [2.24, 2.45) is 5.84 Å². The summed E-state index contributed by atoms with van der Waals surface area (Å²) >= 11 is 0. The zero-order valence-corrected chi connectivity index (χ0v) is 8.38. The van der Waals surface area contributed by atoms with Crippen molar-refractivity contribution in [2.75, 3.05) is 0 Å². The van der Waals surface area contributed by atoms with Crippen LogP contribution in [-0.2, 0) is 0 Å². The van der Waals surface area contributed by atoms with E-state index in [0.717, 1.165) is 12.3 Å². The van der Waals surface area contributed by atoms with Crippen molar-refractivity contribution in [3.05, 3.63) is 45.8 Å². The second-order valence-electron chi connectivity index (χ2n) is 3.32. The molecule has 0 spiro atoms. The van der Waals surface area contributed by atoms with Gasteiger partial charge in [0.15, 0.2) is 0 Å². The summed E-state index contributed by atoms with van der Waals surface area (Å²) in [5, 5.41) is -0.382. The Morgan fingerprint density at radius 1 is 1.35 bits per heavy atom. The van der Waals surface area contributed by atoms with E-state index in [2.05, 4.69) is 4.98 Å². The number of benzene rings is 1. The molecular weight excluding hydrogens is 232 g/mol. The minimum atomic E-state index is -1.03. The number of carbonyl (C=O) groups excluding carboxylic acids is 1. The highest BCUT2D eigenvalue weighted by atomic mass is 19.1. The minimum Gasteiger partial charge on any atom is -0.360 e. The van der Waals surface area contributed by atoms with Gasteiger partial charge < -0.3 is 4.98 Å². The Hall–Kier alpha value is -2.28. The number of fused-ring (bicyclic) bond motifs is 1. The van der Waals surface area contributed by atoms with Gasteiger partial charge in [-0.2, -0.15) is 0 Å². The first kappa shape index (κ1) is 11.2. The lowest BCUT2D eigenvalue weighted by Crippen LogP contribution is -2.34. The molecule has 17 heavy (non-hydrogen) atoms. The van der Waals surface area contributed by atoms with Gasteiger partial charge in [0.1, 0.15) is 17.2 Å². The van der Waals surface area contributed by atoms with Crippen molar-refractivity contribution in [2.45, 2.75) is 0 Å². The summed E-state index contributed by atoms with van der Waals surface area (Å²) in [6.07, 6.45) is 1.05. The lowest BCUT2D eigenvalue weighted by Gasteiger charge is -2.03. The van der Waals surface area contributed by atoms with Crippen LogP contribution in [0.4, 0.5) is 8.78 Å². The molecule has 2 aromatic rings. The Labute approximate surface area is 93.2 Å². The van der Waals surface area contributed by atoms with E-state index in [4.69, 9.17) is 5.84 Å². The van der Waals surface area contributed by atoms with E-state index in [9.17, 15) is 18.4 Å². The number of hydrazine groups is 1. The fraction of sp³-hybridized carbons (Fsp3) is 0. The van der Waals surface area contributed by atoms with Crippen LogP contribution in [0.3, 0.4) is 0 Å². The molecule has 1 heterocycles. The molecule has 0 saturated carbocycles. The number of carbonyl (C=O) groups is 1. The number of amides is 1. The summed E-state index contributed by atoms with van der Waals surface area (Å²) in [7, 11) is 0. The van der Waals surface area contributed by atoms with Crippen LogP contribution in [0.5, 0.6) is 0 Å². The van der Waals surface area contributed by atoms with Gasteiger partial charge in [-0.3, -0.25) is 15.0 Å². The molecule has 1 amide bonds. The van der Waals surface area contributed by atoms with Crippen LogP contribution in [0.15, 0.2) is 23.1 Å². The molecule has 2 rings (SSSR count). The molecule has 7 heteroatoms. The first-order chi connectivity index (χ1) is 8.04. The van der Waals surface area contributed by atoms with Crippen molar-refractivity contribution in [3.63, 3.8) is 0 Å². The van der Waals surface area contributed by atoms with Crippen molar-refractivity contribution < 1.29 is 13.6 Å². The Morgan fingerprint density at radius 3 is 2.71 bits per heavy atom. The number of halogens is 2. The van der Waals surface area contributed by atoms with E-state index in [1.807, 2.05) is 0 Å². The summed E-state index contributed by atoms with van der Waals surface area (Å²) < 4.78 is 26.3. The number of H-pyrrole nitrogens is 1. The second-order valence-corrected chi connectivity index (χ2v) is 3.32. The molecule has 0 unspecified atom stereocenters. The molecule has 0 aliphatic heterocycles. The van der Waals surface area contributed by atoms with Gasteiger partial charge >= 0.3 is 0 Å². The Kier molecular flexibility index (Phi) is 2.60. The minimum absolute atomic E-state index is 0.0268. The molecule has 0 aliphatic rings. The fourth-order valence-corrected chi connectivity index (χ4v) is 1.51. The van der Waals surface area contributed by atoms with Crippen molar-refractivity contribution in [3.8, 4) is 0 Å². The average molecular weight is 239 g/mol. The molecule has 1 aromatic heterocycles. The van der Waals surface area contributed by atoms with Gasteiger partial charge in [0.05, 0.1) is 10.9 Å². The third-order valence-electron chi connectivity index (χ3n) is 2.27. The van der Waals surface area contributed by atoms with Crippen molar-refractivity contribution >= 4 is 16.8 Å². The van der Waals surface area contributed by atoms with Gasteiger partial charge in [0, 0.05) is 12.3 Å². The molecule has 0 radical (unpaired) electrons. The number of nitrogens with two attached hydrogens (primary N) is 1. The lowest BCUT2D eigenvalue weighted by molar-refractivity contribution is 0.0952. The monoisotopic (exact) mass is 239 g/mol. The van der Waals surface area contributed by atoms with Crippen LogP contribution >= 0.6 is 0 Å². The van der Waals surface area contributed by atoms with Crippen molar-refractivity contribution in [1.82, 2.24) is 10.4 Å². The standard InChI is InChI=1S/C10H7F2N3O2/c11-4-1-6(12)8-7(2-4)14-3-5(9(8)16)10(17)15-13/h1-3H,13H2,(H,14,16)(H,15,17). The molecular formula is C10H7F2N3O2. The van der Waals surface area contributed by atoms with Crippen molar-refractivity contribution in [1.29, 1.82) is 0 Å². The van der Waals surface area contributed by atoms with Gasteiger partial charge in [-0.05, 0) is 6.07 Å². The lowest BCUT2D eigenvalue weighted by atomic mass is 10.1. The second kappa shape index (κ2) is 3.95. The molecule has 88 valence electrons. The van der Waals surface area contributed by atoms with Gasteiger partial charge in [-0.15, -0.1) is 0 Å². The smallest absolute Gasteiger partial charge is 0.270 e. The van der Waals surface area contributed by atoms with Crippen LogP contribution in [-0.4, -0.2) is 10.9 Å². The number of hydrogen-bond donors (Lipinski definition) is 3. The first-order valence-corrected chi connectivity index (χ1v) is 4.56. The maximum atomic E-state index is 13.4. The quantitative estimate of drug-likeness (QED) is 0.382. The van der Waals surface area contributed by atoms with Gasteiger partial charge in [-0.1, -0.05) is 0 Å². The molecule has 5 nitrogen and oxygen atoms in total. The first-order valence-electron chi connectivity index (χ1n) is 4.56. The number of nitrogen functional groups attached to an aromatic ring is 1. The van der Waals surface area contributed by atoms with Crippen LogP contribution in [0, 0.1) is 11.6 Å². The highest BCUT2D eigenvalue weighted by Crippen LogP contribution is 2.14. The zero-order valence-electron chi connectivity index (χ0n) is 8.38. The molecule has 1 aromatic carbocycles. The molecule has 0 saturated heterocycles. The molecule has 0 fully saturated rings. The predicted molar refractivity (Wildman–Crippen MR) is 56.1 cm³/mol. The highest BCUT2D eigenvalue weighted by molar-refractivity contribution is 5.96. The number of nitrogens with one attached hydrogen (secondary N) is 2. The summed E-state index contributed by atoms with van der Waals surface area (Å²) in [6.45, 7) is 0. The summed E-state index contributed by atoms with van der Waals surface area (Å²) in [4.78, 5) is 25.4. The van der Waals surface area contributed by atoms with E-state index in [0.29, 0.717) is 6.07 Å². The van der Waals surface area contributed by atoms with E-state index < -0.39 is 23.0 Å². The molecule has 0 bridgehead atoms. The molecule has 0 atom stereocenters. The maximum Gasteiger partial charge on any atom is 0.270 e. The average Bonchev–Trinajstić information content (AvgIpc) is 2.27. The van der Waals surface area contributed by atoms with Crippen LogP contribution < -0.4 is 16.7 Å². The number of rotatable bonds is 1. The van der Waals surface area contributed by atoms with Crippen LogP contribution in [0.2, 0.25) is 0 Å². The van der Waals surface area contributed by atoms with Gasteiger partial charge in [0.2, 0.25) is 5.43 Å². The SMILES string of the molecule is NNC(=O)c1c[nH]c2cc(F)cc(F)c2c1=O. The molecule has 0 aliphatic carbocycles. The van der Waals surface area contributed by atoms with E-state index in [1.54, 1.807) is 5.43 Å². The summed E-state index contributed by atoms with van der Waals surface area (Å²) in [5.74, 6) is 2.17. The summed E-state index contributed by atoms with van der Waals surface area (Å²) in [5.41, 5.74) is 0.545. The largest absolute Gasteiger partial charge is 0.360 e. The fourth-order valence-electron chi connectivity index (χ4n) is 1.51. The Bertz CT molecular complexity index is 666. The Morgan fingerprint density at radius 2 is 2.06 bits per heavy atom. The zero-order chi connectivity index (χ0) is 12.6. The number of pyridine rings is 1. The van der Waals surface area contributed by atoms with Gasteiger partial charge in [0.25, 0.3) is 5.91 Å². The van der Waals surface area contributed by atoms with E-state index in [-0.39, 0.29) is 16.5 Å². The normalized spacial score (nSPS) is 10.5. The van der Waals surface area contributed by atoms with Crippen LogP contribution in [0.25, 0.3) is 10.9 Å². The highest BCUT2D eigenvalue weighted by Gasteiger charge is 2.15. The number of aromatic amines is 1. The topological polar surface area (TPSA) is 88.0 Å². The van der Waals surface area contributed by atoms with Gasteiger partial charge in [-0.25, -0.2) is 14.6 Å². The van der Waals surface area contributed by atoms with E-state index >= 15 is 0 Å². The molecule has 4 N–H and O–H groups in total. The summed E-state index contributed by atoms with van der Waals surface area (Å²) in [6, 6.07) is 1.53. The Balaban J connectivity index is 2.85. The predicted octanol–water partition coefficient (Wildman–Crippen LogP) is 0.410. The number of hydrogen-bond acceptors (Lipinski definition) is 3. The third kappa shape index (κ3) is 1.76. The maximum absolute atomic E-state index is 13.4. The third-order valence-corrected chi connectivity index (χ3v) is 2.27. The van der Waals surface area contributed by atoms with Crippen LogP contribution in [0.1, 0.15) is 10.4 Å². The van der Waals surface area contributed by atoms with E-state index in [1.165, 1.54) is 0 Å².